The highest BCUT2D eigenvalue weighted by Crippen LogP contribution is 2.44. The minimum atomic E-state index is 0.288. The van der Waals surface area contributed by atoms with Gasteiger partial charge in [-0.05, 0) is 60.8 Å². The summed E-state index contributed by atoms with van der Waals surface area (Å²) in [6, 6.07) is 24.0. The van der Waals surface area contributed by atoms with Crippen molar-refractivity contribution in [3.8, 4) is 35.1 Å². The number of nitriles is 2. The number of nitrogens with zero attached hydrogens (tertiary/aromatic N) is 2. The Morgan fingerprint density at radius 1 is 0.528 bits per heavy atom. The fourth-order valence-electron chi connectivity index (χ4n) is 5.79. The Morgan fingerprint density at radius 3 is 1.31 bits per heavy atom. The number of hydrogen-bond donors (Lipinski definition) is 0. The highest BCUT2D eigenvalue weighted by molar-refractivity contribution is 5.58. The molecule has 0 unspecified atom stereocenters. The molecule has 0 saturated heterocycles. The minimum absolute atomic E-state index is 0.288. The molecule has 36 heavy (non-hydrogen) atoms. The van der Waals surface area contributed by atoms with E-state index < -0.39 is 0 Å². The maximum atomic E-state index is 9.70. The lowest BCUT2D eigenvalue weighted by Crippen LogP contribution is -2.07. The van der Waals surface area contributed by atoms with Gasteiger partial charge in [0, 0.05) is 12.1 Å². The van der Waals surface area contributed by atoms with Crippen LogP contribution in [-0.2, 0) is 0 Å². The quantitative estimate of drug-likeness (QED) is 0.356. The lowest BCUT2D eigenvalue weighted by Gasteiger charge is -2.25. The molecule has 4 heteroatoms. The van der Waals surface area contributed by atoms with E-state index in [-0.39, 0.29) is 11.1 Å². The zero-order valence-electron chi connectivity index (χ0n) is 20.7. The Labute approximate surface area is 214 Å². The monoisotopic (exact) mass is 476 g/mol. The predicted molar refractivity (Wildman–Crippen MR) is 141 cm³/mol. The molecule has 0 bridgehead atoms. The molecule has 4 nitrogen and oxygen atoms in total. The summed E-state index contributed by atoms with van der Waals surface area (Å²) >= 11 is 0. The average Bonchev–Trinajstić information content (AvgIpc) is 2.95. The van der Waals surface area contributed by atoms with E-state index in [9.17, 15) is 10.5 Å². The Balaban J connectivity index is 1.53. The maximum absolute atomic E-state index is 9.70. The molecular weight excluding hydrogens is 444 g/mol. The van der Waals surface area contributed by atoms with E-state index in [1.54, 1.807) is 12.1 Å². The Bertz CT molecular complexity index is 1190. The molecule has 3 aromatic carbocycles. The summed E-state index contributed by atoms with van der Waals surface area (Å²) in [5.74, 6) is 3.46. The van der Waals surface area contributed by atoms with Crippen LogP contribution in [-0.4, -0.2) is 0 Å². The normalized spacial score (nSPS) is 16.6. The molecule has 2 saturated carbocycles. The van der Waals surface area contributed by atoms with Crippen LogP contribution in [0.2, 0.25) is 0 Å². The van der Waals surface area contributed by atoms with Gasteiger partial charge >= 0.3 is 0 Å². The first-order valence-electron chi connectivity index (χ1n) is 13.3. The lowest BCUT2D eigenvalue weighted by atomic mass is 9.83. The van der Waals surface area contributed by atoms with Crippen LogP contribution in [0.5, 0.6) is 23.0 Å². The van der Waals surface area contributed by atoms with E-state index in [0.717, 1.165) is 37.2 Å². The van der Waals surface area contributed by atoms with Gasteiger partial charge in [-0.15, -0.1) is 0 Å². The number of hydrogen-bond acceptors (Lipinski definition) is 4. The van der Waals surface area contributed by atoms with Crippen molar-refractivity contribution in [1.29, 1.82) is 10.5 Å². The molecule has 2 aliphatic rings. The molecule has 0 aliphatic heterocycles. The lowest BCUT2D eigenvalue weighted by molar-refractivity contribution is 0.390. The van der Waals surface area contributed by atoms with Gasteiger partial charge in [0.15, 0.2) is 11.5 Å². The summed E-state index contributed by atoms with van der Waals surface area (Å²) in [5.41, 5.74) is 2.98. The fraction of sp³-hybridized carbons (Fsp3) is 0.375. The van der Waals surface area contributed by atoms with Gasteiger partial charge in [0.05, 0.1) is 11.1 Å². The van der Waals surface area contributed by atoms with Gasteiger partial charge in [0.2, 0.25) is 0 Å². The topological polar surface area (TPSA) is 66.0 Å². The van der Waals surface area contributed by atoms with Crippen LogP contribution < -0.4 is 9.47 Å². The van der Waals surface area contributed by atoms with Gasteiger partial charge < -0.3 is 9.47 Å². The Hall–Kier alpha value is -3.76. The predicted octanol–water partition coefficient (Wildman–Crippen LogP) is 9.11. The van der Waals surface area contributed by atoms with Crippen LogP contribution in [0.25, 0.3) is 0 Å². The van der Waals surface area contributed by atoms with Gasteiger partial charge in [0.1, 0.15) is 23.6 Å². The van der Waals surface area contributed by atoms with Crippen LogP contribution >= 0.6 is 0 Å². The van der Waals surface area contributed by atoms with Gasteiger partial charge in [-0.3, -0.25) is 0 Å². The van der Waals surface area contributed by atoms with Gasteiger partial charge in [-0.1, -0.05) is 74.9 Å². The second-order valence-corrected chi connectivity index (χ2v) is 10.0. The summed E-state index contributed by atoms with van der Waals surface area (Å²) in [6.45, 7) is 0. The minimum Gasteiger partial charge on any atom is -0.453 e. The van der Waals surface area contributed by atoms with E-state index in [0.29, 0.717) is 23.3 Å². The summed E-state index contributed by atoms with van der Waals surface area (Å²) in [5, 5.41) is 19.4. The van der Waals surface area contributed by atoms with Crippen molar-refractivity contribution in [2.24, 2.45) is 0 Å². The molecule has 2 fully saturated rings. The van der Waals surface area contributed by atoms with Crippen LogP contribution in [0.1, 0.15) is 98.3 Å². The van der Waals surface area contributed by atoms with Crippen LogP contribution in [0.15, 0.2) is 60.7 Å². The molecule has 3 aromatic rings. The zero-order valence-corrected chi connectivity index (χ0v) is 20.7. The zero-order chi connectivity index (χ0) is 24.7. The molecule has 2 aliphatic carbocycles. The van der Waals surface area contributed by atoms with Crippen molar-refractivity contribution in [2.45, 2.75) is 76.0 Å². The van der Waals surface area contributed by atoms with Gasteiger partial charge in [-0.2, -0.15) is 10.5 Å². The van der Waals surface area contributed by atoms with Crippen molar-refractivity contribution in [3.05, 3.63) is 82.9 Å². The fourth-order valence-corrected chi connectivity index (χ4v) is 5.79. The van der Waals surface area contributed by atoms with Crippen molar-refractivity contribution >= 4 is 0 Å². The number of ether oxygens (including phenoxy) is 2. The second kappa shape index (κ2) is 11.3. The summed E-state index contributed by atoms with van der Waals surface area (Å²) in [7, 11) is 0. The second-order valence-electron chi connectivity index (χ2n) is 10.0. The largest absolute Gasteiger partial charge is 0.453 e. The standard InChI is InChI=1S/C32H32N2O2/c33-21-25-19-31(35-29-17-9-7-15-27(29)23-11-3-1-4-12-23)32(20-26(25)22-34)36-30-18-10-8-16-28(30)24-13-5-2-6-14-24/h7-10,15-20,23-24H,1-6,11-14H2. The summed E-state index contributed by atoms with van der Waals surface area (Å²) in [4.78, 5) is 0. The molecule has 0 N–H and O–H groups in total. The summed E-state index contributed by atoms with van der Waals surface area (Å²) in [6.07, 6.45) is 12.2. The molecule has 0 spiro atoms. The SMILES string of the molecule is N#Cc1cc(Oc2ccccc2C2CCCCC2)c(Oc2ccccc2C2CCCCC2)cc1C#N. The number of para-hydroxylation sites is 2. The van der Waals surface area contributed by atoms with E-state index in [2.05, 4.69) is 36.4 Å². The smallest absolute Gasteiger partial charge is 0.171 e. The van der Waals surface area contributed by atoms with E-state index in [4.69, 9.17) is 9.47 Å². The maximum Gasteiger partial charge on any atom is 0.171 e. The molecule has 0 atom stereocenters. The van der Waals surface area contributed by atoms with E-state index in [1.807, 2.05) is 24.3 Å². The van der Waals surface area contributed by atoms with Crippen LogP contribution in [0.4, 0.5) is 0 Å². The Kier molecular flexibility index (Phi) is 7.53. The third kappa shape index (κ3) is 5.24. The molecule has 5 rings (SSSR count). The summed E-state index contributed by atoms with van der Waals surface area (Å²) < 4.78 is 13.0. The number of benzene rings is 3. The van der Waals surface area contributed by atoms with Gasteiger partial charge in [0.25, 0.3) is 0 Å². The molecule has 182 valence electrons. The molecule has 0 heterocycles. The average molecular weight is 477 g/mol. The molecule has 0 radical (unpaired) electrons. The first kappa shape index (κ1) is 24.0. The van der Waals surface area contributed by atoms with Crippen molar-refractivity contribution in [1.82, 2.24) is 0 Å². The molecular formula is C32H32N2O2. The number of rotatable bonds is 6. The Morgan fingerprint density at radius 2 is 0.917 bits per heavy atom. The highest BCUT2D eigenvalue weighted by Gasteiger charge is 2.23. The van der Waals surface area contributed by atoms with Crippen molar-refractivity contribution in [2.75, 3.05) is 0 Å². The van der Waals surface area contributed by atoms with E-state index in [1.165, 1.54) is 49.7 Å². The van der Waals surface area contributed by atoms with Gasteiger partial charge in [-0.25, -0.2) is 0 Å². The third-order valence-electron chi connectivity index (χ3n) is 7.69. The highest BCUT2D eigenvalue weighted by atomic mass is 16.5. The first-order chi connectivity index (χ1) is 17.8. The van der Waals surface area contributed by atoms with Crippen molar-refractivity contribution < 1.29 is 9.47 Å². The van der Waals surface area contributed by atoms with Crippen LogP contribution in [0, 0.1) is 22.7 Å². The van der Waals surface area contributed by atoms with Crippen molar-refractivity contribution in [3.63, 3.8) is 0 Å². The first-order valence-corrected chi connectivity index (χ1v) is 13.3. The van der Waals surface area contributed by atoms with Crippen LogP contribution in [0.3, 0.4) is 0 Å². The third-order valence-corrected chi connectivity index (χ3v) is 7.69. The van der Waals surface area contributed by atoms with E-state index >= 15 is 0 Å². The molecule has 0 aromatic heterocycles. The molecule has 0 amide bonds.